The van der Waals surface area contributed by atoms with Crippen LogP contribution in [0.4, 0.5) is 0 Å². The molecule has 3 aliphatic carbocycles. The molecule has 2 spiro atoms. The maximum Gasteiger partial charge on any atom is 0.311 e. The van der Waals surface area contributed by atoms with Gasteiger partial charge in [-0.1, -0.05) is 27.2 Å². The van der Waals surface area contributed by atoms with E-state index in [1.54, 1.807) is 0 Å². The second kappa shape index (κ2) is 4.40. The summed E-state index contributed by atoms with van der Waals surface area (Å²) in [6, 6.07) is 0. The van der Waals surface area contributed by atoms with Crippen molar-refractivity contribution in [2.75, 3.05) is 7.11 Å². The number of ether oxygens (including phenoxy) is 4. The third-order valence-corrected chi connectivity index (χ3v) is 9.60. The van der Waals surface area contributed by atoms with Gasteiger partial charge in [0.25, 0.3) is 0 Å². The lowest BCUT2D eigenvalue weighted by molar-refractivity contribution is -0.177. The van der Waals surface area contributed by atoms with Crippen LogP contribution in [0.3, 0.4) is 0 Å². The molecule has 6 fully saturated rings. The van der Waals surface area contributed by atoms with E-state index in [-0.39, 0.29) is 41.5 Å². The third kappa shape index (κ3) is 1.42. The van der Waals surface area contributed by atoms with Gasteiger partial charge in [0.15, 0.2) is 5.60 Å². The molecule has 6 heteroatoms. The van der Waals surface area contributed by atoms with Gasteiger partial charge in [0.1, 0.15) is 29.5 Å². The number of hydrogen-bond acceptors (Lipinski definition) is 6. The van der Waals surface area contributed by atoms with Gasteiger partial charge in [0.2, 0.25) is 0 Å². The zero-order valence-corrected chi connectivity index (χ0v) is 16.8. The molecule has 3 aliphatic heterocycles. The first kappa shape index (κ1) is 17.2. The summed E-state index contributed by atoms with van der Waals surface area (Å²) in [5.41, 5.74) is -2.52. The fourth-order valence-corrected chi connectivity index (χ4v) is 8.21. The fraction of sp³-hybridized carbons (Fsp3) is 0.952. The molecule has 0 radical (unpaired) electrons. The highest BCUT2D eigenvalue weighted by Crippen LogP contribution is 2.83. The van der Waals surface area contributed by atoms with Crippen molar-refractivity contribution < 1.29 is 28.8 Å². The Bertz CT molecular complexity index is 753. The Morgan fingerprint density at radius 3 is 2.56 bits per heavy atom. The zero-order valence-electron chi connectivity index (χ0n) is 16.8. The van der Waals surface area contributed by atoms with Crippen molar-refractivity contribution in [1.29, 1.82) is 0 Å². The van der Waals surface area contributed by atoms with Crippen LogP contribution in [0.15, 0.2) is 0 Å². The Hall–Kier alpha value is -0.690. The van der Waals surface area contributed by atoms with Gasteiger partial charge < -0.3 is 24.1 Å². The topological polar surface area (TPSA) is 84.1 Å². The first-order valence-electron chi connectivity index (χ1n) is 10.5. The molecule has 3 saturated carbocycles. The van der Waals surface area contributed by atoms with Crippen molar-refractivity contribution in [1.82, 2.24) is 0 Å². The van der Waals surface area contributed by atoms with Crippen molar-refractivity contribution in [2.45, 2.75) is 94.6 Å². The number of rotatable bonds is 2. The number of carbonyl (C=O) groups is 1. The Kier molecular flexibility index (Phi) is 2.80. The Balaban J connectivity index is 1.48. The predicted molar refractivity (Wildman–Crippen MR) is 93.8 cm³/mol. The summed E-state index contributed by atoms with van der Waals surface area (Å²) in [6.45, 7) is 8.52. The molecule has 0 aromatic heterocycles. The molecule has 0 amide bonds. The van der Waals surface area contributed by atoms with Crippen LogP contribution in [-0.4, -0.2) is 59.4 Å². The zero-order chi connectivity index (χ0) is 19.2. The number of fused-ring (bicyclic) bond motifs is 3. The lowest BCUT2D eigenvalue weighted by Gasteiger charge is -2.58. The number of aliphatic hydroxyl groups excluding tert-OH is 1. The molecule has 0 aromatic carbocycles. The summed E-state index contributed by atoms with van der Waals surface area (Å²) in [4.78, 5) is 12.8. The van der Waals surface area contributed by atoms with Crippen molar-refractivity contribution in [2.24, 2.45) is 22.7 Å². The van der Waals surface area contributed by atoms with Gasteiger partial charge in [-0.3, -0.25) is 4.79 Å². The number of hydrogen-bond donors (Lipinski definition) is 1. The van der Waals surface area contributed by atoms with Crippen molar-refractivity contribution in [3.63, 3.8) is 0 Å². The van der Waals surface area contributed by atoms with Gasteiger partial charge in [-0.25, -0.2) is 0 Å². The van der Waals surface area contributed by atoms with E-state index >= 15 is 0 Å². The molecule has 1 N–H and O–H groups in total. The first-order chi connectivity index (χ1) is 12.7. The molecule has 0 bridgehead atoms. The molecular formula is C21H30O6. The molecule has 3 saturated heterocycles. The van der Waals surface area contributed by atoms with Crippen LogP contribution in [0, 0.1) is 22.7 Å². The van der Waals surface area contributed by atoms with Gasteiger partial charge in [-0.15, -0.1) is 0 Å². The molecule has 3 heterocycles. The normalized spacial score (nSPS) is 64.5. The number of aliphatic hydroxyl groups is 1. The molecule has 10 atom stereocenters. The Labute approximate surface area is 159 Å². The molecule has 0 unspecified atom stereocenters. The van der Waals surface area contributed by atoms with E-state index < -0.39 is 28.3 Å². The summed E-state index contributed by atoms with van der Waals surface area (Å²) in [5, 5.41) is 11.5. The minimum Gasteiger partial charge on any atom is -0.469 e. The van der Waals surface area contributed by atoms with E-state index in [1.165, 1.54) is 7.11 Å². The smallest absolute Gasteiger partial charge is 0.311 e. The van der Waals surface area contributed by atoms with Crippen LogP contribution >= 0.6 is 0 Å². The second-order valence-electron chi connectivity index (χ2n) is 10.6. The summed E-state index contributed by atoms with van der Waals surface area (Å²) < 4.78 is 24.3. The molecule has 27 heavy (non-hydrogen) atoms. The molecule has 6 aliphatic rings. The predicted octanol–water partition coefficient (Wildman–Crippen LogP) is 1.82. The molecular weight excluding hydrogens is 348 g/mol. The highest BCUT2D eigenvalue weighted by atomic mass is 16.7. The van der Waals surface area contributed by atoms with Gasteiger partial charge in [-0.2, -0.15) is 0 Å². The number of esters is 1. The summed E-state index contributed by atoms with van der Waals surface area (Å²) in [6.07, 6.45) is 2.68. The van der Waals surface area contributed by atoms with E-state index in [9.17, 15) is 9.90 Å². The van der Waals surface area contributed by atoms with Crippen molar-refractivity contribution in [3.8, 4) is 0 Å². The second-order valence-corrected chi connectivity index (χ2v) is 10.6. The Morgan fingerprint density at radius 2 is 1.89 bits per heavy atom. The largest absolute Gasteiger partial charge is 0.469 e. The van der Waals surface area contributed by atoms with Gasteiger partial charge in [-0.05, 0) is 38.0 Å². The lowest BCUT2D eigenvalue weighted by Crippen LogP contribution is -2.71. The lowest BCUT2D eigenvalue weighted by atomic mass is 9.42. The minimum atomic E-state index is -0.678. The van der Waals surface area contributed by atoms with Crippen LogP contribution in [0.5, 0.6) is 0 Å². The summed E-state index contributed by atoms with van der Waals surface area (Å²) >= 11 is 0. The quantitative estimate of drug-likeness (QED) is 0.583. The minimum absolute atomic E-state index is 0.0407. The van der Waals surface area contributed by atoms with Crippen LogP contribution in [-0.2, 0) is 23.7 Å². The van der Waals surface area contributed by atoms with Crippen LogP contribution in [0.25, 0.3) is 0 Å². The number of methoxy groups -OCH3 is 1. The van der Waals surface area contributed by atoms with Crippen LogP contribution < -0.4 is 0 Å². The third-order valence-electron chi connectivity index (χ3n) is 9.60. The average molecular weight is 378 g/mol. The van der Waals surface area contributed by atoms with Gasteiger partial charge in [0.05, 0.1) is 18.6 Å². The SMILES string of the molecule is COC(=O)[C@@]1(C)CCC[C@]2(C)[C@@H]1C[C@H]1O[C@]13[C@@H](O)[C@]1(C(C)C)O[C@@H]1[C@H]1O[C@]132. The summed E-state index contributed by atoms with van der Waals surface area (Å²) in [5.74, 6) is 0.196. The van der Waals surface area contributed by atoms with Crippen LogP contribution in [0.2, 0.25) is 0 Å². The maximum absolute atomic E-state index is 12.8. The van der Waals surface area contributed by atoms with Gasteiger partial charge >= 0.3 is 5.97 Å². The van der Waals surface area contributed by atoms with Crippen molar-refractivity contribution >= 4 is 5.97 Å². The molecule has 6 rings (SSSR count). The fourth-order valence-electron chi connectivity index (χ4n) is 8.21. The standard InChI is InChI=1S/C21H30O6/c1-10(2)19-13(26-19)14-21(27-14)18(4)8-6-7-17(3,16(23)24-5)11(18)9-12-20(21,25-12)15(19)22/h10-15,22H,6-9H2,1-5H3/t11-,12-,13-,14-,15+,17+,18-,19-,20+,21+/m1/s1. The maximum atomic E-state index is 12.8. The Morgan fingerprint density at radius 1 is 1.15 bits per heavy atom. The van der Waals surface area contributed by atoms with Crippen molar-refractivity contribution in [3.05, 3.63) is 0 Å². The average Bonchev–Trinajstić information content (AvgIpc) is 3.49. The number of carbonyl (C=O) groups excluding carboxylic acids is 1. The molecule has 150 valence electrons. The van der Waals surface area contributed by atoms with Crippen LogP contribution in [0.1, 0.15) is 53.4 Å². The van der Waals surface area contributed by atoms with E-state index in [0.717, 1.165) is 25.7 Å². The van der Waals surface area contributed by atoms with E-state index in [1.807, 2.05) is 0 Å². The molecule has 6 nitrogen and oxygen atoms in total. The first-order valence-corrected chi connectivity index (χ1v) is 10.5. The monoisotopic (exact) mass is 378 g/mol. The van der Waals surface area contributed by atoms with E-state index in [4.69, 9.17) is 18.9 Å². The van der Waals surface area contributed by atoms with Gasteiger partial charge in [0, 0.05) is 5.41 Å². The van der Waals surface area contributed by atoms with E-state index in [2.05, 4.69) is 27.7 Å². The number of epoxide rings is 3. The summed E-state index contributed by atoms with van der Waals surface area (Å²) in [7, 11) is 1.48. The highest BCUT2D eigenvalue weighted by Gasteiger charge is 3.00. The molecule has 0 aromatic rings. The highest BCUT2D eigenvalue weighted by molar-refractivity contribution is 5.77. The van der Waals surface area contributed by atoms with E-state index in [0.29, 0.717) is 0 Å².